The number of esters is 1. The smallest absolute Gasteiger partial charge is 0.308 e. The number of carbonyl (C=O) groups is 3. The van der Waals surface area contributed by atoms with Crippen LogP contribution in [0.1, 0.15) is 27.6 Å². The first kappa shape index (κ1) is 20.3. The Kier molecular flexibility index (Phi) is 6.41. The summed E-state index contributed by atoms with van der Waals surface area (Å²) in [7, 11) is 0. The van der Waals surface area contributed by atoms with Crippen LogP contribution in [0.25, 0.3) is 0 Å². The van der Waals surface area contributed by atoms with Crippen molar-refractivity contribution in [2.24, 2.45) is 0 Å². The van der Waals surface area contributed by atoms with Crippen molar-refractivity contribution in [2.75, 3.05) is 10.6 Å². The number of carbonyl (C=O) groups excluding carboxylic acids is 3. The summed E-state index contributed by atoms with van der Waals surface area (Å²) in [5.74, 6) is -0.789. The van der Waals surface area contributed by atoms with E-state index in [2.05, 4.69) is 26.6 Å². The lowest BCUT2D eigenvalue weighted by molar-refractivity contribution is -0.131. The Morgan fingerprint density at radius 1 is 0.759 bits per heavy atom. The molecule has 2 N–H and O–H groups in total. The second-order valence-electron chi connectivity index (χ2n) is 6.12. The molecule has 3 aromatic rings. The van der Waals surface area contributed by atoms with Crippen molar-refractivity contribution in [1.82, 2.24) is 0 Å². The van der Waals surface area contributed by atoms with Gasteiger partial charge in [0.05, 0.1) is 0 Å². The second kappa shape index (κ2) is 9.16. The quantitative estimate of drug-likeness (QED) is 0.426. The van der Waals surface area contributed by atoms with Gasteiger partial charge in [0.15, 0.2) is 0 Å². The summed E-state index contributed by atoms with van der Waals surface area (Å²) in [5, 5.41) is 5.56. The Bertz CT molecular complexity index is 1060. The lowest BCUT2D eigenvalue weighted by Gasteiger charge is -2.10. The van der Waals surface area contributed by atoms with Crippen LogP contribution in [0.15, 0.2) is 77.3 Å². The van der Waals surface area contributed by atoms with E-state index in [0.717, 1.165) is 4.47 Å². The van der Waals surface area contributed by atoms with Crippen LogP contribution >= 0.6 is 15.9 Å². The van der Waals surface area contributed by atoms with E-state index in [1.54, 1.807) is 66.7 Å². The van der Waals surface area contributed by atoms with Crippen LogP contribution in [-0.4, -0.2) is 17.8 Å². The third-order valence-corrected chi connectivity index (χ3v) is 4.37. The van der Waals surface area contributed by atoms with Crippen LogP contribution in [0.4, 0.5) is 11.4 Å². The molecule has 0 saturated carbocycles. The first-order valence-electron chi connectivity index (χ1n) is 8.67. The fourth-order valence-corrected chi connectivity index (χ4v) is 2.81. The molecule has 0 aliphatic rings. The van der Waals surface area contributed by atoms with Gasteiger partial charge in [0.25, 0.3) is 11.8 Å². The van der Waals surface area contributed by atoms with Gasteiger partial charge in [0.2, 0.25) is 0 Å². The molecule has 0 unspecified atom stereocenters. The maximum Gasteiger partial charge on any atom is 0.308 e. The van der Waals surface area contributed by atoms with E-state index in [-0.39, 0.29) is 11.8 Å². The standard InChI is InChI=1S/C22H17BrN2O4/c1-14(26)29-20-7-2-4-16(12-20)22(28)25-19-6-3-5-18(13-19)24-21(27)15-8-10-17(23)11-9-15/h2-13H,1H3,(H,24,27)(H,25,28). The van der Waals surface area contributed by atoms with Crippen molar-refractivity contribution < 1.29 is 19.1 Å². The minimum Gasteiger partial charge on any atom is -0.427 e. The number of ether oxygens (including phenoxy) is 1. The molecule has 7 heteroatoms. The van der Waals surface area contributed by atoms with Crippen molar-refractivity contribution in [3.63, 3.8) is 0 Å². The highest BCUT2D eigenvalue weighted by atomic mass is 79.9. The molecule has 0 fully saturated rings. The topological polar surface area (TPSA) is 84.5 Å². The molecule has 2 amide bonds. The molecule has 0 radical (unpaired) electrons. The zero-order chi connectivity index (χ0) is 20.8. The first-order chi connectivity index (χ1) is 13.9. The third-order valence-electron chi connectivity index (χ3n) is 3.84. The van der Waals surface area contributed by atoms with Gasteiger partial charge in [-0.3, -0.25) is 14.4 Å². The SMILES string of the molecule is CC(=O)Oc1cccc(C(=O)Nc2cccc(NC(=O)c3ccc(Br)cc3)c2)c1. The fraction of sp³-hybridized carbons (Fsp3) is 0.0455. The molecule has 3 aromatic carbocycles. The number of rotatable bonds is 5. The molecule has 0 aromatic heterocycles. The van der Waals surface area contributed by atoms with Gasteiger partial charge in [-0.1, -0.05) is 28.1 Å². The van der Waals surface area contributed by atoms with Gasteiger partial charge in [0, 0.05) is 33.9 Å². The summed E-state index contributed by atoms with van der Waals surface area (Å²) in [6.07, 6.45) is 0. The largest absolute Gasteiger partial charge is 0.427 e. The molecule has 3 rings (SSSR count). The fourth-order valence-electron chi connectivity index (χ4n) is 2.55. The Morgan fingerprint density at radius 3 is 1.97 bits per heavy atom. The van der Waals surface area contributed by atoms with Crippen molar-refractivity contribution in [3.05, 3.63) is 88.4 Å². The molecule has 0 spiro atoms. The zero-order valence-electron chi connectivity index (χ0n) is 15.4. The minimum atomic E-state index is -0.461. The predicted molar refractivity (Wildman–Crippen MR) is 114 cm³/mol. The zero-order valence-corrected chi connectivity index (χ0v) is 17.0. The molecular weight excluding hydrogens is 436 g/mol. The monoisotopic (exact) mass is 452 g/mol. The maximum absolute atomic E-state index is 12.5. The number of halogens is 1. The summed E-state index contributed by atoms with van der Waals surface area (Å²) in [6, 6.07) is 20.1. The lowest BCUT2D eigenvalue weighted by atomic mass is 10.2. The Hall–Kier alpha value is -3.45. The van der Waals surface area contributed by atoms with E-state index < -0.39 is 5.97 Å². The number of amides is 2. The average Bonchev–Trinajstić information content (AvgIpc) is 2.68. The molecular formula is C22H17BrN2O4. The number of benzene rings is 3. The predicted octanol–water partition coefficient (Wildman–Crippen LogP) is 4.88. The minimum absolute atomic E-state index is 0.255. The van der Waals surface area contributed by atoms with Crippen molar-refractivity contribution in [1.29, 1.82) is 0 Å². The number of nitrogens with one attached hydrogen (secondary N) is 2. The molecule has 0 atom stereocenters. The van der Waals surface area contributed by atoms with E-state index in [4.69, 9.17) is 4.74 Å². The molecule has 6 nitrogen and oxygen atoms in total. The van der Waals surface area contributed by atoms with Gasteiger partial charge in [-0.25, -0.2) is 0 Å². The van der Waals surface area contributed by atoms with Gasteiger partial charge in [-0.2, -0.15) is 0 Å². The molecule has 0 saturated heterocycles. The molecule has 0 aliphatic heterocycles. The number of hydrogen-bond donors (Lipinski definition) is 2. The number of anilines is 2. The average molecular weight is 453 g/mol. The summed E-state index contributed by atoms with van der Waals surface area (Å²) in [4.78, 5) is 35.9. The van der Waals surface area contributed by atoms with Crippen molar-refractivity contribution >= 4 is 45.1 Å². The van der Waals surface area contributed by atoms with Crippen LogP contribution in [0, 0.1) is 0 Å². The molecule has 0 aliphatic carbocycles. The van der Waals surface area contributed by atoms with Crippen LogP contribution in [0.2, 0.25) is 0 Å². The van der Waals surface area contributed by atoms with E-state index in [1.807, 2.05) is 0 Å². The lowest BCUT2D eigenvalue weighted by Crippen LogP contribution is -2.14. The van der Waals surface area contributed by atoms with Crippen molar-refractivity contribution in [3.8, 4) is 5.75 Å². The highest BCUT2D eigenvalue weighted by molar-refractivity contribution is 9.10. The van der Waals surface area contributed by atoms with Gasteiger partial charge in [-0.15, -0.1) is 0 Å². The Balaban J connectivity index is 1.69. The van der Waals surface area contributed by atoms with E-state index in [0.29, 0.717) is 28.3 Å². The van der Waals surface area contributed by atoms with E-state index in [1.165, 1.54) is 13.0 Å². The van der Waals surface area contributed by atoms with Gasteiger partial charge in [-0.05, 0) is 60.7 Å². The van der Waals surface area contributed by atoms with Crippen LogP contribution in [0.3, 0.4) is 0 Å². The summed E-state index contributed by atoms with van der Waals surface area (Å²) in [5.41, 5.74) is 1.92. The molecule has 0 heterocycles. The van der Waals surface area contributed by atoms with Gasteiger partial charge >= 0.3 is 5.97 Å². The van der Waals surface area contributed by atoms with Crippen LogP contribution < -0.4 is 15.4 Å². The molecule has 146 valence electrons. The molecule has 29 heavy (non-hydrogen) atoms. The number of hydrogen-bond acceptors (Lipinski definition) is 4. The van der Waals surface area contributed by atoms with Crippen molar-refractivity contribution in [2.45, 2.75) is 6.92 Å². The van der Waals surface area contributed by atoms with Crippen LogP contribution in [-0.2, 0) is 4.79 Å². The summed E-state index contributed by atoms with van der Waals surface area (Å²) >= 11 is 3.33. The Morgan fingerprint density at radius 2 is 1.34 bits per heavy atom. The Labute approximate surface area is 176 Å². The molecule has 0 bridgehead atoms. The van der Waals surface area contributed by atoms with E-state index in [9.17, 15) is 14.4 Å². The van der Waals surface area contributed by atoms with Gasteiger partial charge in [0.1, 0.15) is 5.75 Å². The summed E-state index contributed by atoms with van der Waals surface area (Å²) < 4.78 is 5.88. The summed E-state index contributed by atoms with van der Waals surface area (Å²) in [6.45, 7) is 1.29. The highest BCUT2D eigenvalue weighted by Gasteiger charge is 2.10. The highest BCUT2D eigenvalue weighted by Crippen LogP contribution is 2.19. The third kappa shape index (κ3) is 5.76. The van der Waals surface area contributed by atoms with Crippen LogP contribution in [0.5, 0.6) is 5.75 Å². The van der Waals surface area contributed by atoms with E-state index >= 15 is 0 Å². The normalized spacial score (nSPS) is 10.1. The second-order valence-corrected chi connectivity index (χ2v) is 7.03. The van der Waals surface area contributed by atoms with Gasteiger partial charge < -0.3 is 15.4 Å². The maximum atomic E-state index is 12.5. The first-order valence-corrected chi connectivity index (χ1v) is 9.47.